The minimum absolute atomic E-state index is 0.191. The summed E-state index contributed by atoms with van der Waals surface area (Å²) < 4.78 is 4.88. The lowest BCUT2D eigenvalue weighted by Gasteiger charge is -2.25. The lowest BCUT2D eigenvalue weighted by Crippen LogP contribution is -2.51. The Hall–Kier alpha value is -1.81. The minimum Gasteiger partial charge on any atom is -0.480 e. The Bertz CT molecular complexity index is 338. The van der Waals surface area contributed by atoms with Crippen LogP contribution in [0.3, 0.4) is 0 Å². The van der Waals surface area contributed by atoms with E-state index in [-0.39, 0.29) is 18.9 Å². The second-order valence-corrected chi connectivity index (χ2v) is 4.40. The zero-order chi connectivity index (χ0) is 14.8. The molecule has 1 atom stereocenters. The van der Waals surface area contributed by atoms with Crippen molar-refractivity contribution in [2.24, 2.45) is 5.92 Å². The number of nitrogens with one attached hydrogen (secondary N) is 1. The number of carboxylic acid groups (broad SMARTS) is 1. The molecule has 0 saturated carbocycles. The Morgan fingerprint density at radius 3 is 2.47 bits per heavy atom. The molecule has 0 spiro atoms. The fourth-order valence-electron chi connectivity index (χ4n) is 1.44. The fourth-order valence-corrected chi connectivity index (χ4v) is 1.44. The van der Waals surface area contributed by atoms with Crippen molar-refractivity contribution in [3.63, 3.8) is 0 Å². The third-order valence-electron chi connectivity index (χ3n) is 2.56. The Labute approximate surface area is 113 Å². The van der Waals surface area contributed by atoms with Gasteiger partial charge in [0.05, 0.1) is 19.1 Å². The number of hydrogen-bond donors (Lipinski definition) is 2. The van der Waals surface area contributed by atoms with Gasteiger partial charge in [0, 0.05) is 20.2 Å². The van der Waals surface area contributed by atoms with Gasteiger partial charge < -0.3 is 20.1 Å². The standard InChI is InChI=1S/C12H21N3O4/c1-9(2)10(11(16)17)14-12(18)15(6-4-5-13)7-8-19-3/h9-10H,4,6-8H2,1-3H3,(H,14,18)(H,16,17)/t10-/m0/s1. The van der Waals surface area contributed by atoms with Crippen LogP contribution in [0.1, 0.15) is 20.3 Å². The molecule has 0 rings (SSSR count). The molecule has 2 amide bonds. The van der Waals surface area contributed by atoms with E-state index in [4.69, 9.17) is 15.1 Å². The van der Waals surface area contributed by atoms with Gasteiger partial charge in [-0.1, -0.05) is 13.8 Å². The van der Waals surface area contributed by atoms with Crippen molar-refractivity contribution in [1.82, 2.24) is 10.2 Å². The number of hydrogen-bond acceptors (Lipinski definition) is 4. The van der Waals surface area contributed by atoms with E-state index < -0.39 is 18.0 Å². The van der Waals surface area contributed by atoms with Gasteiger partial charge in [-0.25, -0.2) is 9.59 Å². The van der Waals surface area contributed by atoms with Gasteiger partial charge >= 0.3 is 12.0 Å². The van der Waals surface area contributed by atoms with Crippen LogP contribution in [0.5, 0.6) is 0 Å². The molecular weight excluding hydrogens is 250 g/mol. The van der Waals surface area contributed by atoms with Gasteiger partial charge in [-0.05, 0) is 5.92 Å². The molecule has 0 unspecified atom stereocenters. The summed E-state index contributed by atoms with van der Waals surface area (Å²) in [5.41, 5.74) is 0. The van der Waals surface area contributed by atoms with Crippen LogP contribution in [0.25, 0.3) is 0 Å². The number of carboxylic acids is 1. The Morgan fingerprint density at radius 2 is 2.05 bits per heavy atom. The summed E-state index contributed by atoms with van der Waals surface area (Å²) in [7, 11) is 1.51. The van der Waals surface area contributed by atoms with Crippen LogP contribution >= 0.6 is 0 Å². The van der Waals surface area contributed by atoms with Crippen LogP contribution in [-0.2, 0) is 9.53 Å². The van der Waals surface area contributed by atoms with Gasteiger partial charge in [-0.3, -0.25) is 0 Å². The normalized spacial score (nSPS) is 11.7. The van der Waals surface area contributed by atoms with Crippen molar-refractivity contribution in [3.8, 4) is 6.07 Å². The van der Waals surface area contributed by atoms with E-state index in [1.807, 2.05) is 6.07 Å². The lowest BCUT2D eigenvalue weighted by molar-refractivity contribution is -0.140. The molecule has 7 heteroatoms. The molecule has 0 aromatic heterocycles. The number of ether oxygens (including phenoxy) is 1. The van der Waals surface area contributed by atoms with Crippen molar-refractivity contribution in [2.75, 3.05) is 26.8 Å². The summed E-state index contributed by atoms with van der Waals surface area (Å²) in [4.78, 5) is 24.4. The highest BCUT2D eigenvalue weighted by molar-refractivity contribution is 5.82. The Morgan fingerprint density at radius 1 is 1.42 bits per heavy atom. The van der Waals surface area contributed by atoms with E-state index in [0.29, 0.717) is 13.2 Å². The quantitative estimate of drug-likeness (QED) is 0.675. The number of methoxy groups -OCH3 is 1. The number of nitrogens with zero attached hydrogens (tertiary/aromatic N) is 2. The molecule has 108 valence electrons. The summed E-state index contributed by atoms with van der Waals surface area (Å²) in [5.74, 6) is -1.29. The number of carbonyl (C=O) groups is 2. The molecule has 19 heavy (non-hydrogen) atoms. The number of rotatable bonds is 8. The van der Waals surface area contributed by atoms with Crippen molar-refractivity contribution >= 4 is 12.0 Å². The molecule has 0 bridgehead atoms. The first-order valence-electron chi connectivity index (χ1n) is 6.08. The van der Waals surface area contributed by atoms with Crippen molar-refractivity contribution < 1.29 is 19.4 Å². The lowest BCUT2D eigenvalue weighted by atomic mass is 10.1. The van der Waals surface area contributed by atoms with Gasteiger partial charge in [0.2, 0.25) is 0 Å². The van der Waals surface area contributed by atoms with Gasteiger partial charge in [0.1, 0.15) is 6.04 Å². The monoisotopic (exact) mass is 271 g/mol. The minimum atomic E-state index is -1.07. The average molecular weight is 271 g/mol. The maximum Gasteiger partial charge on any atom is 0.326 e. The summed E-state index contributed by atoms with van der Waals surface area (Å²) in [5, 5.41) is 20.0. The first-order valence-corrected chi connectivity index (χ1v) is 6.08. The molecule has 0 fully saturated rings. The van der Waals surface area contributed by atoms with Crippen LogP contribution in [0.2, 0.25) is 0 Å². The number of amides is 2. The molecule has 0 aromatic rings. The van der Waals surface area contributed by atoms with Crippen LogP contribution < -0.4 is 5.32 Å². The fraction of sp³-hybridized carbons (Fsp3) is 0.750. The summed E-state index contributed by atoms with van der Waals surface area (Å²) in [6, 6.07) is 0.513. The molecule has 0 aromatic carbocycles. The first kappa shape index (κ1) is 17.2. The molecule has 0 heterocycles. The van der Waals surface area contributed by atoms with Crippen LogP contribution in [0.4, 0.5) is 4.79 Å². The highest BCUT2D eigenvalue weighted by Crippen LogP contribution is 2.03. The number of carbonyl (C=O) groups excluding carboxylic acids is 1. The van der Waals surface area contributed by atoms with E-state index in [9.17, 15) is 9.59 Å². The summed E-state index contributed by atoms with van der Waals surface area (Å²) >= 11 is 0. The zero-order valence-electron chi connectivity index (χ0n) is 11.5. The smallest absolute Gasteiger partial charge is 0.326 e. The number of nitriles is 1. The maximum absolute atomic E-state index is 12.0. The number of urea groups is 1. The van der Waals surface area contributed by atoms with E-state index >= 15 is 0 Å². The van der Waals surface area contributed by atoms with E-state index in [2.05, 4.69) is 5.32 Å². The van der Waals surface area contributed by atoms with E-state index in [1.165, 1.54) is 12.0 Å². The molecule has 0 aliphatic carbocycles. The molecule has 7 nitrogen and oxygen atoms in total. The third kappa shape index (κ3) is 6.62. The first-order chi connectivity index (χ1) is 8.93. The molecule has 0 saturated heterocycles. The number of aliphatic carboxylic acids is 1. The third-order valence-corrected chi connectivity index (χ3v) is 2.56. The van der Waals surface area contributed by atoms with Gasteiger partial charge in [0.25, 0.3) is 0 Å². The second kappa shape index (κ2) is 9.16. The molecule has 0 aliphatic heterocycles. The summed E-state index contributed by atoms with van der Waals surface area (Å²) in [6.45, 7) is 4.32. The van der Waals surface area contributed by atoms with Crippen molar-refractivity contribution in [1.29, 1.82) is 5.26 Å². The summed E-state index contributed by atoms with van der Waals surface area (Å²) in [6.07, 6.45) is 0.191. The van der Waals surface area contributed by atoms with Crippen LogP contribution in [0.15, 0.2) is 0 Å². The van der Waals surface area contributed by atoms with Gasteiger partial charge in [-0.15, -0.1) is 0 Å². The van der Waals surface area contributed by atoms with Crippen molar-refractivity contribution in [3.05, 3.63) is 0 Å². The predicted octanol–water partition coefficient (Wildman–Crippen LogP) is 0.667. The highest BCUT2D eigenvalue weighted by Gasteiger charge is 2.25. The van der Waals surface area contributed by atoms with Crippen LogP contribution in [-0.4, -0.2) is 54.9 Å². The Kier molecular flexibility index (Phi) is 8.29. The van der Waals surface area contributed by atoms with E-state index in [0.717, 1.165) is 0 Å². The van der Waals surface area contributed by atoms with Gasteiger partial charge in [0.15, 0.2) is 0 Å². The average Bonchev–Trinajstić information content (AvgIpc) is 2.35. The predicted molar refractivity (Wildman–Crippen MR) is 68.5 cm³/mol. The molecular formula is C12H21N3O4. The Balaban J connectivity index is 4.59. The SMILES string of the molecule is COCCN(CCC#N)C(=O)N[C@H](C(=O)O)C(C)C. The van der Waals surface area contributed by atoms with Crippen LogP contribution in [0, 0.1) is 17.2 Å². The van der Waals surface area contributed by atoms with Gasteiger partial charge in [-0.2, -0.15) is 5.26 Å². The zero-order valence-corrected chi connectivity index (χ0v) is 11.5. The topological polar surface area (TPSA) is 103 Å². The largest absolute Gasteiger partial charge is 0.480 e. The molecule has 0 aliphatic rings. The maximum atomic E-state index is 12.0. The molecule has 0 radical (unpaired) electrons. The van der Waals surface area contributed by atoms with Crippen molar-refractivity contribution in [2.45, 2.75) is 26.3 Å². The second-order valence-electron chi connectivity index (χ2n) is 4.40. The van der Waals surface area contributed by atoms with E-state index in [1.54, 1.807) is 13.8 Å². The molecule has 2 N–H and O–H groups in total. The highest BCUT2D eigenvalue weighted by atomic mass is 16.5.